The zero-order valence-corrected chi connectivity index (χ0v) is 17.0. The lowest BCUT2D eigenvalue weighted by molar-refractivity contribution is 0.123. The lowest BCUT2D eigenvalue weighted by atomic mass is 9.93. The Kier molecular flexibility index (Phi) is 5.24. The fourth-order valence-electron chi connectivity index (χ4n) is 4.43. The van der Waals surface area contributed by atoms with E-state index in [1.807, 2.05) is 4.57 Å². The van der Waals surface area contributed by atoms with Crippen LogP contribution in [0.15, 0.2) is 36.4 Å². The van der Waals surface area contributed by atoms with Crippen molar-refractivity contribution in [1.82, 2.24) is 13.2 Å². The molecule has 1 unspecified atom stereocenters. The Morgan fingerprint density at radius 3 is 2.17 bits per heavy atom. The lowest BCUT2D eigenvalue weighted by Gasteiger charge is -2.42. The lowest BCUT2D eigenvalue weighted by Crippen LogP contribution is -2.44. The van der Waals surface area contributed by atoms with Gasteiger partial charge < -0.3 is 9.67 Å². The molecule has 1 atom stereocenters. The van der Waals surface area contributed by atoms with E-state index >= 15 is 0 Å². The quantitative estimate of drug-likeness (QED) is 0.617. The zero-order chi connectivity index (χ0) is 20.0. The average molecular weight is 418 g/mol. The maximum absolute atomic E-state index is 13.8. The molecule has 29 heavy (non-hydrogen) atoms. The van der Waals surface area contributed by atoms with Gasteiger partial charge in [0.25, 0.3) is 0 Å². The maximum atomic E-state index is 13.8. The number of hydrogen-bond acceptors (Lipinski definition) is 4. The highest BCUT2D eigenvalue weighted by Gasteiger charge is 2.30. The Bertz CT molecular complexity index is 976. The van der Waals surface area contributed by atoms with E-state index in [1.54, 1.807) is 24.3 Å². The molecule has 0 radical (unpaired) electrons. The maximum Gasteiger partial charge on any atom is 0.123 e. The number of β-amino-alcohol motifs (C(OH)–C–C–N with tert-alkyl or cyclic N) is 1. The first-order valence-electron chi connectivity index (χ1n) is 10.3. The second-order valence-corrected chi connectivity index (χ2v) is 9.28. The molecule has 0 spiro atoms. The van der Waals surface area contributed by atoms with Gasteiger partial charge in [0.05, 0.1) is 12.6 Å². The molecule has 1 aliphatic heterocycles. The minimum Gasteiger partial charge on any atom is -0.390 e. The van der Waals surface area contributed by atoms with Gasteiger partial charge in [-0.2, -0.15) is 0 Å². The number of fused-ring (bicyclic) bond motifs is 3. The van der Waals surface area contributed by atoms with E-state index in [0.717, 1.165) is 30.5 Å². The summed E-state index contributed by atoms with van der Waals surface area (Å²) in [6, 6.07) is 9.82. The summed E-state index contributed by atoms with van der Waals surface area (Å²) in [7, 11) is 0. The SMILES string of the molecule is OC(CN1CCCN(C2CCC2)S1)Cn1c2ccc(F)cc2c2cc(F)ccc21. The van der Waals surface area contributed by atoms with E-state index in [-0.39, 0.29) is 11.6 Å². The van der Waals surface area contributed by atoms with E-state index in [9.17, 15) is 13.9 Å². The molecule has 2 aromatic carbocycles. The number of rotatable bonds is 5. The number of benzene rings is 2. The summed E-state index contributed by atoms with van der Waals surface area (Å²) < 4.78 is 34.3. The molecule has 0 amide bonds. The third-order valence-corrected chi connectivity index (χ3v) is 7.34. The summed E-state index contributed by atoms with van der Waals surface area (Å²) in [5.41, 5.74) is 1.63. The Morgan fingerprint density at radius 2 is 1.59 bits per heavy atom. The van der Waals surface area contributed by atoms with Crippen LogP contribution in [0.1, 0.15) is 25.7 Å². The van der Waals surface area contributed by atoms with Gasteiger partial charge >= 0.3 is 0 Å². The summed E-state index contributed by atoms with van der Waals surface area (Å²) in [5, 5.41) is 12.2. The topological polar surface area (TPSA) is 31.6 Å². The number of hydrogen-bond donors (Lipinski definition) is 1. The van der Waals surface area contributed by atoms with Crippen LogP contribution in [0.2, 0.25) is 0 Å². The van der Waals surface area contributed by atoms with Crippen LogP contribution in [-0.2, 0) is 6.54 Å². The predicted octanol–water partition coefficient (Wildman–Crippen LogP) is 4.56. The van der Waals surface area contributed by atoms with Crippen LogP contribution in [0.25, 0.3) is 21.8 Å². The zero-order valence-electron chi connectivity index (χ0n) is 16.2. The molecule has 5 rings (SSSR count). The Morgan fingerprint density at radius 1 is 0.931 bits per heavy atom. The van der Waals surface area contributed by atoms with Crippen molar-refractivity contribution in [2.24, 2.45) is 0 Å². The molecule has 7 heteroatoms. The molecule has 1 aliphatic carbocycles. The molecule has 1 saturated carbocycles. The first-order chi connectivity index (χ1) is 14.1. The van der Waals surface area contributed by atoms with Crippen LogP contribution in [0, 0.1) is 11.6 Å². The van der Waals surface area contributed by atoms with Crippen LogP contribution in [0.4, 0.5) is 8.78 Å². The summed E-state index contributed by atoms with van der Waals surface area (Å²) in [6.45, 7) is 3.04. The molecule has 154 valence electrons. The van der Waals surface area contributed by atoms with E-state index in [4.69, 9.17) is 0 Å². The van der Waals surface area contributed by atoms with Crippen molar-refractivity contribution in [3.05, 3.63) is 48.0 Å². The third kappa shape index (κ3) is 3.77. The van der Waals surface area contributed by atoms with Gasteiger partial charge in [-0.15, -0.1) is 0 Å². The second-order valence-electron chi connectivity index (χ2n) is 8.14. The summed E-state index contributed by atoms with van der Waals surface area (Å²) in [6.07, 6.45) is 4.41. The molecular weight excluding hydrogens is 392 g/mol. The molecule has 2 fully saturated rings. The minimum atomic E-state index is -0.572. The van der Waals surface area contributed by atoms with Gasteiger partial charge in [-0.1, -0.05) is 6.42 Å². The van der Waals surface area contributed by atoms with Crippen LogP contribution < -0.4 is 0 Å². The molecule has 1 aromatic heterocycles. The molecule has 2 aliphatic rings. The van der Waals surface area contributed by atoms with E-state index < -0.39 is 6.10 Å². The molecule has 1 N–H and O–H groups in total. The van der Waals surface area contributed by atoms with E-state index in [2.05, 4.69) is 8.61 Å². The first kappa shape index (κ1) is 19.3. The van der Waals surface area contributed by atoms with E-state index in [0.29, 0.717) is 29.9 Å². The van der Waals surface area contributed by atoms with Crippen molar-refractivity contribution >= 4 is 33.9 Å². The van der Waals surface area contributed by atoms with Crippen molar-refractivity contribution in [2.75, 3.05) is 19.6 Å². The van der Waals surface area contributed by atoms with Gasteiger partial charge in [-0.05, 0) is 55.7 Å². The minimum absolute atomic E-state index is 0.345. The van der Waals surface area contributed by atoms with Crippen LogP contribution >= 0.6 is 12.1 Å². The highest BCUT2D eigenvalue weighted by molar-refractivity contribution is 7.94. The summed E-state index contributed by atoms with van der Waals surface area (Å²) >= 11 is 1.77. The average Bonchev–Trinajstić information content (AvgIpc) is 2.93. The predicted molar refractivity (Wildman–Crippen MR) is 113 cm³/mol. The molecular formula is C22H25F2N3OS. The number of halogens is 2. The molecule has 2 heterocycles. The van der Waals surface area contributed by atoms with Crippen molar-refractivity contribution in [2.45, 2.75) is 44.4 Å². The Labute approximate surface area is 173 Å². The van der Waals surface area contributed by atoms with Gasteiger partial charge in [0.2, 0.25) is 0 Å². The Hall–Kier alpha value is -1.67. The normalized spacial score (nSPS) is 20.4. The van der Waals surface area contributed by atoms with Crippen molar-refractivity contribution in [3.63, 3.8) is 0 Å². The van der Waals surface area contributed by atoms with Crippen molar-refractivity contribution < 1.29 is 13.9 Å². The molecule has 1 saturated heterocycles. The number of aliphatic hydroxyl groups excluding tert-OH is 1. The van der Waals surface area contributed by atoms with Crippen molar-refractivity contribution in [1.29, 1.82) is 0 Å². The Balaban J connectivity index is 1.37. The largest absolute Gasteiger partial charge is 0.390 e. The standard InChI is InChI=1S/C22H25F2N3OS/c23-15-5-7-21-19(11-15)20-12-16(24)6-8-22(20)26(21)14-18(28)13-25-9-2-10-27(29-25)17-3-1-4-17/h5-8,11-12,17-18,28H,1-4,9-10,13-14H2. The van der Waals surface area contributed by atoms with Crippen molar-refractivity contribution in [3.8, 4) is 0 Å². The van der Waals surface area contributed by atoms with Gasteiger partial charge in [-0.25, -0.2) is 17.4 Å². The first-order valence-corrected chi connectivity index (χ1v) is 11.1. The highest BCUT2D eigenvalue weighted by atomic mass is 32.2. The van der Waals surface area contributed by atoms with Gasteiger partial charge in [-0.3, -0.25) is 0 Å². The number of aromatic nitrogens is 1. The van der Waals surface area contributed by atoms with Gasteiger partial charge in [0, 0.05) is 59.6 Å². The third-order valence-electron chi connectivity index (χ3n) is 6.08. The molecule has 4 nitrogen and oxygen atoms in total. The summed E-state index contributed by atoms with van der Waals surface area (Å²) in [4.78, 5) is 0. The second kappa shape index (κ2) is 7.87. The van der Waals surface area contributed by atoms with E-state index in [1.165, 1.54) is 43.5 Å². The van der Waals surface area contributed by atoms with Crippen LogP contribution in [0.3, 0.4) is 0 Å². The number of aliphatic hydroxyl groups is 1. The fraction of sp³-hybridized carbons (Fsp3) is 0.455. The number of nitrogens with zero attached hydrogens (tertiary/aromatic N) is 3. The smallest absolute Gasteiger partial charge is 0.123 e. The molecule has 0 bridgehead atoms. The van der Waals surface area contributed by atoms with Gasteiger partial charge in [0.1, 0.15) is 11.6 Å². The van der Waals surface area contributed by atoms with Gasteiger partial charge in [0.15, 0.2) is 0 Å². The highest BCUT2D eigenvalue weighted by Crippen LogP contribution is 2.34. The van der Waals surface area contributed by atoms with Crippen LogP contribution in [-0.4, -0.2) is 50.1 Å². The summed E-state index contributed by atoms with van der Waals surface area (Å²) in [5.74, 6) is -0.690. The molecule has 3 aromatic rings. The fourth-order valence-corrected chi connectivity index (χ4v) is 5.73. The monoisotopic (exact) mass is 417 g/mol. The van der Waals surface area contributed by atoms with Crippen LogP contribution in [0.5, 0.6) is 0 Å².